The molecule has 0 bridgehead atoms. The third kappa shape index (κ3) is 3.72. The molecule has 0 spiro atoms. The predicted molar refractivity (Wildman–Crippen MR) is 104 cm³/mol. The van der Waals surface area contributed by atoms with Gasteiger partial charge >= 0.3 is 0 Å². The lowest BCUT2D eigenvalue weighted by Gasteiger charge is -2.42. The number of aromatic nitrogens is 1. The smallest absolute Gasteiger partial charge is 0.244 e. The Morgan fingerprint density at radius 1 is 1.07 bits per heavy atom. The Balaban J connectivity index is 1.44. The van der Waals surface area contributed by atoms with Gasteiger partial charge in [0.15, 0.2) is 0 Å². The van der Waals surface area contributed by atoms with Gasteiger partial charge in [-0.3, -0.25) is 0 Å². The molecule has 1 aliphatic heterocycles. The summed E-state index contributed by atoms with van der Waals surface area (Å²) >= 11 is 0. The van der Waals surface area contributed by atoms with Crippen molar-refractivity contribution < 1.29 is 13.2 Å². The van der Waals surface area contributed by atoms with Crippen LogP contribution in [-0.4, -0.2) is 50.6 Å². The number of nitrogens with one attached hydrogen (secondary N) is 1. The first-order valence-electron chi connectivity index (χ1n) is 9.44. The molecule has 1 saturated heterocycles. The number of hydrogen-bond donors (Lipinski definition) is 1. The van der Waals surface area contributed by atoms with Crippen LogP contribution in [0.4, 0.5) is 5.82 Å². The molecule has 7 heteroatoms. The molecule has 0 unspecified atom stereocenters. The van der Waals surface area contributed by atoms with Crippen molar-refractivity contribution in [3.05, 3.63) is 54.2 Å². The zero-order chi connectivity index (χ0) is 18.7. The van der Waals surface area contributed by atoms with Gasteiger partial charge in [0.25, 0.3) is 0 Å². The summed E-state index contributed by atoms with van der Waals surface area (Å²) in [6.07, 6.45) is 5.00. The Morgan fingerprint density at radius 2 is 1.81 bits per heavy atom. The van der Waals surface area contributed by atoms with Crippen molar-refractivity contribution in [2.24, 2.45) is 0 Å². The number of sulfonamides is 1. The van der Waals surface area contributed by atoms with Gasteiger partial charge in [-0.05, 0) is 30.5 Å². The lowest BCUT2D eigenvalue weighted by atomic mass is 9.64. The average Bonchev–Trinajstić information content (AvgIpc) is 2.69. The zero-order valence-electron chi connectivity index (χ0n) is 15.3. The van der Waals surface area contributed by atoms with Gasteiger partial charge < -0.3 is 10.1 Å². The van der Waals surface area contributed by atoms with Crippen molar-refractivity contribution >= 4 is 15.8 Å². The van der Waals surface area contributed by atoms with E-state index >= 15 is 0 Å². The molecule has 4 rings (SSSR count). The third-order valence-electron chi connectivity index (χ3n) is 5.65. The molecule has 0 atom stereocenters. The number of pyridine rings is 1. The highest BCUT2D eigenvalue weighted by atomic mass is 32.2. The van der Waals surface area contributed by atoms with E-state index in [9.17, 15) is 8.42 Å². The molecule has 2 fully saturated rings. The number of nitrogens with zero attached hydrogens (tertiary/aromatic N) is 2. The van der Waals surface area contributed by atoms with Crippen molar-refractivity contribution in [1.29, 1.82) is 0 Å². The van der Waals surface area contributed by atoms with Gasteiger partial charge in [-0.2, -0.15) is 4.31 Å². The Morgan fingerprint density at radius 3 is 2.41 bits per heavy atom. The molecule has 144 valence electrons. The van der Waals surface area contributed by atoms with Crippen LogP contribution >= 0.6 is 0 Å². The highest BCUT2D eigenvalue weighted by Crippen LogP contribution is 2.43. The Bertz CT molecular complexity index is 859. The maximum atomic E-state index is 12.7. The van der Waals surface area contributed by atoms with Crippen molar-refractivity contribution in [2.45, 2.75) is 29.6 Å². The normalized spacial score (nSPS) is 20.0. The molecule has 1 aromatic heterocycles. The van der Waals surface area contributed by atoms with Crippen LogP contribution in [0.15, 0.2) is 53.6 Å². The number of rotatable bonds is 6. The molecule has 0 amide bonds. The fourth-order valence-corrected chi connectivity index (χ4v) is 5.15. The summed E-state index contributed by atoms with van der Waals surface area (Å²) in [4.78, 5) is 4.58. The van der Waals surface area contributed by atoms with Gasteiger partial charge in [0.05, 0.1) is 13.2 Å². The van der Waals surface area contributed by atoms with Crippen molar-refractivity contribution in [3.63, 3.8) is 0 Å². The first-order valence-corrected chi connectivity index (χ1v) is 10.9. The van der Waals surface area contributed by atoms with Gasteiger partial charge in [0, 0.05) is 31.2 Å². The highest BCUT2D eigenvalue weighted by Gasteiger charge is 2.38. The fourth-order valence-electron chi connectivity index (χ4n) is 3.80. The van der Waals surface area contributed by atoms with Gasteiger partial charge in [0.1, 0.15) is 10.7 Å². The molecular formula is C20H25N3O3S. The van der Waals surface area contributed by atoms with E-state index in [0.29, 0.717) is 32.1 Å². The Hall–Kier alpha value is -1.96. The van der Waals surface area contributed by atoms with Crippen LogP contribution in [0.5, 0.6) is 0 Å². The van der Waals surface area contributed by atoms with Gasteiger partial charge in [-0.25, -0.2) is 13.4 Å². The van der Waals surface area contributed by atoms with E-state index in [4.69, 9.17) is 4.74 Å². The summed E-state index contributed by atoms with van der Waals surface area (Å²) in [5, 5.41) is 3.40. The summed E-state index contributed by atoms with van der Waals surface area (Å²) in [5.74, 6) is 0.707. The van der Waals surface area contributed by atoms with Crippen molar-refractivity contribution in [3.8, 4) is 0 Å². The second-order valence-corrected chi connectivity index (χ2v) is 9.19. The van der Waals surface area contributed by atoms with Crippen LogP contribution in [0.25, 0.3) is 0 Å². The molecule has 2 aromatic rings. The first kappa shape index (κ1) is 18.4. The third-order valence-corrected chi connectivity index (χ3v) is 7.53. The summed E-state index contributed by atoms with van der Waals surface area (Å²) in [6.45, 7) is 2.46. The molecular weight excluding hydrogens is 362 g/mol. The summed E-state index contributed by atoms with van der Waals surface area (Å²) in [5.41, 5.74) is 1.51. The monoisotopic (exact) mass is 387 g/mol. The first-order chi connectivity index (χ1) is 13.1. The van der Waals surface area contributed by atoms with E-state index in [0.717, 1.165) is 19.4 Å². The van der Waals surface area contributed by atoms with E-state index in [1.165, 1.54) is 22.5 Å². The maximum Gasteiger partial charge on any atom is 0.244 e. The molecule has 0 radical (unpaired) electrons. The number of ether oxygens (including phenoxy) is 1. The quantitative estimate of drug-likeness (QED) is 0.825. The standard InChI is InChI=1S/C20H25N3O3S/c24-27(25,23-11-13-26-14-12-23)18-7-8-19(21-15-18)22-16-20(9-4-10-20)17-5-2-1-3-6-17/h1-3,5-8,15H,4,9-14,16H2,(H,21,22). The van der Waals surface area contributed by atoms with Crippen LogP contribution in [0, 0.1) is 0 Å². The number of morpholine rings is 1. The van der Waals surface area contributed by atoms with Crippen molar-refractivity contribution in [1.82, 2.24) is 9.29 Å². The Kier molecular flexibility index (Phi) is 5.16. The molecule has 1 N–H and O–H groups in total. The topological polar surface area (TPSA) is 71.5 Å². The molecule has 1 saturated carbocycles. The molecule has 6 nitrogen and oxygen atoms in total. The second kappa shape index (κ2) is 7.58. The van der Waals surface area contributed by atoms with E-state index in [2.05, 4.69) is 34.6 Å². The van der Waals surface area contributed by atoms with Crippen LogP contribution in [0.2, 0.25) is 0 Å². The van der Waals surface area contributed by atoms with E-state index < -0.39 is 10.0 Å². The summed E-state index contributed by atoms with van der Waals surface area (Å²) in [7, 11) is -3.50. The largest absolute Gasteiger partial charge is 0.379 e. The number of hydrogen-bond acceptors (Lipinski definition) is 5. The van der Waals surface area contributed by atoms with Crippen molar-refractivity contribution in [2.75, 3.05) is 38.2 Å². The van der Waals surface area contributed by atoms with E-state index in [1.54, 1.807) is 12.1 Å². The van der Waals surface area contributed by atoms with Gasteiger partial charge in [-0.15, -0.1) is 0 Å². The molecule has 1 aliphatic carbocycles. The molecule has 1 aromatic carbocycles. The number of anilines is 1. The Labute approximate surface area is 160 Å². The summed E-state index contributed by atoms with van der Waals surface area (Å²) < 4.78 is 32.0. The highest BCUT2D eigenvalue weighted by molar-refractivity contribution is 7.89. The van der Waals surface area contributed by atoms with Crippen LogP contribution in [0.1, 0.15) is 24.8 Å². The zero-order valence-corrected chi connectivity index (χ0v) is 16.1. The minimum atomic E-state index is -3.50. The minimum absolute atomic E-state index is 0.154. The average molecular weight is 388 g/mol. The second-order valence-electron chi connectivity index (χ2n) is 7.25. The van der Waals surface area contributed by atoms with Crippen LogP contribution < -0.4 is 5.32 Å². The number of benzene rings is 1. The van der Waals surface area contributed by atoms with E-state index in [-0.39, 0.29) is 10.3 Å². The maximum absolute atomic E-state index is 12.7. The minimum Gasteiger partial charge on any atom is -0.379 e. The van der Waals surface area contributed by atoms with E-state index in [1.807, 2.05) is 6.07 Å². The van der Waals surface area contributed by atoms with Crippen LogP contribution in [0.3, 0.4) is 0 Å². The molecule has 2 heterocycles. The van der Waals surface area contributed by atoms with Gasteiger partial charge in [-0.1, -0.05) is 36.8 Å². The molecule has 2 aliphatic rings. The lowest BCUT2D eigenvalue weighted by Crippen LogP contribution is -2.41. The molecule has 27 heavy (non-hydrogen) atoms. The fraction of sp³-hybridized carbons (Fsp3) is 0.450. The predicted octanol–water partition coefficient (Wildman–Crippen LogP) is 2.64. The van der Waals surface area contributed by atoms with Crippen LogP contribution in [-0.2, 0) is 20.2 Å². The lowest BCUT2D eigenvalue weighted by molar-refractivity contribution is 0.0730. The SMILES string of the molecule is O=S(=O)(c1ccc(NCC2(c3ccccc3)CCC2)nc1)N1CCOCC1. The summed E-state index contributed by atoms with van der Waals surface area (Å²) in [6, 6.07) is 14.0. The van der Waals surface area contributed by atoms with Gasteiger partial charge in [0.2, 0.25) is 10.0 Å².